The Morgan fingerprint density at radius 3 is 2.88 bits per heavy atom. The fourth-order valence-electron chi connectivity index (χ4n) is 2.23. The minimum Gasteiger partial charge on any atom is -0.320 e. The van der Waals surface area contributed by atoms with Crippen molar-refractivity contribution in [3.05, 3.63) is 22.4 Å². The highest BCUT2D eigenvalue weighted by molar-refractivity contribution is 7.09. The van der Waals surface area contributed by atoms with Crippen LogP contribution in [0.15, 0.2) is 17.5 Å². The van der Waals surface area contributed by atoms with E-state index in [9.17, 15) is 0 Å². The second kappa shape index (κ2) is 7.14. The molecule has 1 N–H and O–H groups in total. The largest absolute Gasteiger partial charge is 0.320 e. The summed E-state index contributed by atoms with van der Waals surface area (Å²) in [7, 11) is 2.04. The summed E-state index contributed by atoms with van der Waals surface area (Å²) in [6, 6.07) is 5.32. The molecule has 0 radical (unpaired) electrons. The Kier molecular flexibility index (Phi) is 5.49. The van der Waals surface area contributed by atoms with Gasteiger partial charge in [0.2, 0.25) is 0 Å². The number of hydrogen-bond acceptors (Lipinski definition) is 3. The molecule has 1 aliphatic carbocycles. The van der Waals surface area contributed by atoms with Crippen LogP contribution >= 0.6 is 11.3 Å². The third-order valence-electron chi connectivity index (χ3n) is 3.37. The van der Waals surface area contributed by atoms with Gasteiger partial charge < -0.3 is 5.32 Å². The lowest BCUT2D eigenvalue weighted by atomic mass is 10.2. The fraction of sp³-hybridized carbons (Fsp3) is 0.714. The lowest BCUT2D eigenvalue weighted by Crippen LogP contribution is -2.26. The van der Waals surface area contributed by atoms with E-state index in [-0.39, 0.29) is 0 Å². The average Bonchev–Trinajstić information content (AvgIpc) is 3.06. The van der Waals surface area contributed by atoms with Crippen LogP contribution in [0.5, 0.6) is 0 Å². The molecule has 1 fully saturated rings. The van der Waals surface area contributed by atoms with Gasteiger partial charge in [0.15, 0.2) is 0 Å². The summed E-state index contributed by atoms with van der Waals surface area (Å²) in [5.74, 6) is 0. The molecule has 3 heteroatoms. The molecule has 1 saturated carbocycles. The highest BCUT2D eigenvalue weighted by Gasteiger charge is 2.28. The van der Waals surface area contributed by atoms with E-state index < -0.39 is 0 Å². The SMILES string of the molecule is CNCCCCCN(Cc1cccs1)C1CC1. The van der Waals surface area contributed by atoms with Crippen molar-refractivity contribution in [3.8, 4) is 0 Å². The van der Waals surface area contributed by atoms with Crippen LogP contribution in [0.4, 0.5) is 0 Å². The Morgan fingerprint density at radius 2 is 2.24 bits per heavy atom. The molecule has 0 amide bonds. The second-order valence-corrected chi connectivity index (χ2v) is 5.98. The smallest absolute Gasteiger partial charge is 0.0330 e. The predicted molar refractivity (Wildman–Crippen MR) is 75.5 cm³/mol. The van der Waals surface area contributed by atoms with E-state index in [1.807, 2.05) is 18.4 Å². The summed E-state index contributed by atoms with van der Waals surface area (Å²) in [4.78, 5) is 4.21. The van der Waals surface area contributed by atoms with Gasteiger partial charge in [0.1, 0.15) is 0 Å². The summed E-state index contributed by atoms with van der Waals surface area (Å²) < 4.78 is 0. The van der Waals surface area contributed by atoms with Gasteiger partial charge in [-0.15, -0.1) is 11.3 Å². The van der Waals surface area contributed by atoms with Gasteiger partial charge >= 0.3 is 0 Å². The van der Waals surface area contributed by atoms with Gasteiger partial charge in [0.25, 0.3) is 0 Å². The molecule has 0 bridgehead atoms. The van der Waals surface area contributed by atoms with Crippen molar-refractivity contribution in [2.75, 3.05) is 20.1 Å². The quantitative estimate of drug-likeness (QED) is 0.679. The zero-order valence-corrected chi connectivity index (χ0v) is 11.6. The van der Waals surface area contributed by atoms with Crippen LogP contribution in [-0.2, 0) is 6.54 Å². The van der Waals surface area contributed by atoms with Crippen molar-refractivity contribution in [1.29, 1.82) is 0 Å². The zero-order valence-electron chi connectivity index (χ0n) is 10.8. The molecule has 1 heterocycles. The number of thiophene rings is 1. The van der Waals surface area contributed by atoms with Crippen molar-refractivity contribution in [2.45, 2.75) is 44.7 Å². The summed E-state index contributed by atoms with van der Waals surface area (Å²) in [5.41, 5.74) is 0. The topological polar surface area (TPSA) is 15.3 Å². The lowest BCUT2D eigenvalue weighted by Gasteiger charge is -2.21. The van der Waals surface area contributed by atoms with Gasteiger partial charge in [0, 0.05) is 17.5 Å². The Morgan fingerprint density at radius 1 is 1.35 bits per heavy atom. The van der Waals surface area contributed by atoms with Crippen molar-refractivity contribution in [3.63, 3.8) is 0 Å². The Bertz CT molecular complexity index is 293. The van der Waals surface area contributed by atoms with Crippen LogP contribution in [0.25, 0.3) is 0 Å². The third kappa shape index (κ3) is 4.78. The predicted octanol–water partition coefficient (Wildman–Crippen LogP) is 3.10. The lowest BCUT2D eigenvalue weighted by molar-refractivity contribution is 0.251. The van der Waals surface area contributed by atoms with E-state index in [0.29, 0.717) is 0 Å². The van der Waals surface area contributed by atoms with E-state index in [1.165, 1.54) is 50.1 Å². The molecule has 1 aromatic rings. The molecule has 17 heavy (non-hydrogen) atoms. The average molecular weight is 252 g/mol. The molecule has 0 saturated heterocycles. The highest BCUT2D eigenvalue weighted by atomic mass is 32.1. The van der Waals surface area contributed by atoms with Crippen molar-refractivity contribution < 1.29 is 0 Å². The maximum atomic E-state index is 3.22. The van der Waals surface area contributed by atoms with Crippen LogP contribution in [-0.4, -0.2) is 31.1 Å². The fourth-order valence-corrected chi connectivity index (χ4v) is 2.96. The first-order chi connectivity index (χ1) is 8.40. The molecule has 2 nitrogen and oxygen atoms in total. The number of hydrogen-bond donors (Lipinski definition) is 1. The molecule has 1 aliphatic rings. The van der Waals surface area contributed by atoms with Gasteiger partial charge in [-0.2, -0.15) is 0 Å². The van der Waals surface area contributed by atoms with E-state index in [1.54, 1.807) is 0 Å². The van der Waals surface area contributed by atoms with Crippen LogP contribution in [0.1, 0.15) is 37.0 Å². The van der Waals surface area contributed by atoms with E-state index in [0.717, 1.165) is 12.6 Å². The highest BCUT2D eigenvalue weighted by Crippen LogP contribution is 2.29. The first-order valence-corrected chi connectivity index (χ1v) is 7.69. The summed E-state index contributed by atoms with van der Waals surface area (Å²) in [5, 5.41) is 5.40. The third-order valence-corrected chi connectivity index (χ3v) is 4.24. The van der Waals surface area contributed by atoms with E-state index in [4.69, 9.17) is 0 Å². The maximum Gasteiger partial charge on any atom is 0.0330 e. The van der Waals surface area contributed by atoms with E-state index >= 15 is 0 Å². The molecule has 0 spiro atoms. The van der Waals surface area contributed by atoms with Gasteiger partial charge in [-0.25, -0.2) is 0 Å². The molecule has 1 aromatic heterocycles. The number of nitrogens with zero attached hydrogens (tertiary/aromatic N) is 1. The minimum absolute atomic E-state index is 0.890. The molecule has 96 valence electrons. The van der Waals surface area contributed by atoms with Crippen LogP contribution in [0, 0.1) is 0 Å². The Balaban J connectivity index is 1.66. The van der Waals surface area contributed by atoms with Crippen LogP contribution in [0.2, 0.25) is 0 Å². The molecule has 0 unspecified atom stereocenters. The summed E-state index contributed by atoms with van der Waals surface area (Å²) in [6.45, 7) is 3.62. The number of nitrogens with one attached hydrogen (secondary N) is 1. The van der Waals surface area contributed by atoms with E-state index in [2.05, 4.69) is 27.7 Å². The molecular formula is C14H24N2S. The number of rotatable bonds is 9. The summed E-state index contributed by atoms with van der Waals surface area (Å²) >= 11 is 1.89. The maximum absolute atomic E-state index is 3.22. The molecular weight excluding hydrogens is 228 g/mol. The normalized spacial score (nSPS) is 15.6. The van der Waals surface area contributed by atoms with Gasteiger partial charge in [0.05, 0.1) is 0 Å². The van der Waals surface area contributed by atoms with Crippen LogP contribution in [0.3, 0.4) is 0 Å². The first-order valence-electron chi connectivity index (χ1n) is 6.81. The first kappa shape index (κ1) is 13.1. The Labute approximate surface area is 109 Å². The van der Waals surface area contributed by atoms with Crippen molar-refractivity contribution in [2.24, 2.45) is 0 Å². The molecule has 2 rings (SSSR count). The molecule has 0 aromatic carbocycles. The van der Waals surface area contributed by atoms with Gasteiger partial charge in [-0.05, 0) is 57.3 Å². The Hall–Kier alpha value is -0.380. The molecule has 0 atom stereocenters. The number of unbranched alkanes of at least 4 members (excludes halogenated alkanes) is 2. The second-order valence-electron chi connectivity index (χ2n) is 4.95. The van der Waals surface area contributed by atoms with Crippen molar-refractivity contribution >= 4 is 11.3 Å². The standard InChI is InChI=1S/C14H24N2S/c1-15-9-3-2-4-10-16(13-7-8-13)12-14-6-5-11-17-14/h5-6,11,13,15H,2-4,7-10,12H2,1H3. The monoisotopic (exact) mass is 252 g/mol. The molecule has 0 aliphatic heterocycles. The summed E-state index contributed by atoms with van der Waals surface area (Å²) in [6.07, 6.45) is 6.86. The van der Waals surface area contributed by atoms with Crippen molar-refractivity contribution in [1.82, 2.24) is 10.2 Å². The van der Waals surface area contributed by atoms with Gasteiger partial charge in [-0.3, -0.25) is 4.90 Å². The van der Waals surface area contributed by atoms with Gasteiger partial charge in [-0.1, -0.05) is 12.5 Å². The zero-order chi connectivity index (χ0) is 11.9. The van der Waals surface area contributed by atoms with Crippen LogP contribution < -0.4 is 5.32 Å². The minimum atomic E-state index is 0.890.